The minimum Gasteiger partial charge on any atom is -0.479 e. The van der Waals surface area contributed by atoms with Crippen LogP contribution in [0.1, 0.15) is 40.9 Å². The van der Waals surface area contributed by atoms with E-state index in [1.165, 1.54) is 28.2 Å². The Balaban J connectivity index is 0.00000231. The van der Waals surface area contributed by atoms with Gasteiger partial charge in [0.25, 0.3) is 5.95 Å². The Labute approximate surface area is 185 Å². The number of rotatable bonds is 5. The van der Waals surface area contributed by atoms with Crippen LogP contribution in [0, 0.1) is 0 Å². The van der Waals surface area contributed by atoms with E-state index < -0.39 is 5.97 Å². The molecule has 0 saturated heterocycles. The molecule has 1 aliphatic rings. The fourth-order valence-electron chi connectivity index (χ4n) is 3.94. The number of fused-ring (bicyclic) bond motifs is 2. The van der Waals surface area contributed by atoms with E-state index in [0.717, 1.165) is 18.4 Å². The molecule has 0 N–H and O–H groups in total. The monoisotopic (exact) mass is 438 g/mol. The largest absolute Gasteiger partial charge is 0.479 e. The summed E-state index contributed by atoms with van der Waals surface area (Å²) in [6.45, 7) is 2.05. The lowest BCUT2D eigenvalue weighted by Crippen LogP contribution is -2.11. The number of carbonyl (C=O) groups excluding carboxylic acids is 1. The molecule has 3 aromatic heterocycles. The summed E-state index contributed by atoms with van der Waals surface area (Å²) < 4.78 is 14.0. The van der Waals surface area contributed by atoms with Crippen molar-refractivity contribution in [3.8, 4) is 11.8 Å². The third kappa shape index (κ3) is 3.52. The predicted octanol–water partition coefficient (Wildman–Crippen LogP) is 2.85. The van der Waals surface area contributed by atoms with E-state index in [1.54, 1.807) is 20.2 Å². The number of esters is 1. The first-order chi connectivity index (χ1) is 14.7. The highest BCUT2D eigenvalue weighted by Crippen LogP contribution is 2.37. The molecule has 0 radical (unpaired) electrons. The molecule has 0 bridgehead atoms. The van der Waals surface area contributed by atoms with Crippen LogP contribution in [0.15, 0.2) is 42.9 Å². The van der Waals surface area contributed by atoms with Crippen molar-refractivity contribution in [2.45, 2.75) is 25.8 Å². The maximum absolute atomic E-state index is 11.9. The smallest absolute Gasteiger partial charge is 0.341 e. The molecule has 5 rings (SSSR count). The van der Waals surface area contributed by atoms with E-state index in [-0.39, 0.29) is 19.5 Å². The highest BCUT2D eigenvalue weighted by molar-refractivity contribution is 7.59. The van der Waals surface area contributed by atoms with Gasteiger partial charge in [-0.05, 0) is 30.9 Å². The molecule has 0 spiro atoms. The number of nitrogens with zero attached hydrogens (tertiary/aromatic N) is 6. The van der Waals surface area contributed by atoms with Crippen LogP contribution < -0.4 is 4.74 Å². The van der Waals surface area contributed by atoms with E-state index in [0.29, 0.717) is 29.5 Å². The van der Waals surface area contributed by atoms with Gasteiger partial charge in [0.15, 0.2) is 0 Å². The third-order valence-corrected chi connectivity index (χ3v) is 5.29. The Hall–Kier alpha value is -3.40. The van der Waals surface area contributed by atoms with Crippen molar-refractivity contribution < 1.29 is 14.3 Å². The number of ether oxygens (including phenoxy) is 2. The van der Waals surface area contributed by atoms with E-state index in [4.69, 9.17) is 9.47 Å². The first kappa shape index (κ1) is 20.9. The van der Waals surface area contributed by atoms with Crippen LogP contribution in [-0.4, -0.2) is 49.2 Å². The summed E-state index contributed by atoms with van der Waals surface area (Å²) in [6, 6.07) is 8.52. The van der Waals surface area contributed by atoms with Crippen LogP contribution >= 0.6 is 13.5 Å². The normalized spacial score (nSPS) is 14.8. The Morgan fingerprint density at radius 1 is 1.19 bits per heavy atom. The molecule has 31 heavy (non-hydrogen) atoms. The SMILES string of the molecule is CCOC(=O)c1cnn(-c2nc(OC)c3c(cnn3[C@H]3CCc4ccccc43)n2)c1.S. The van der Waals surface area contributed by atoms with Crippen LogP contribution in [0.2, 0.25) is 0 Å². The van der Waals surface area contributed by atoms with Crippen molar-refractivity contribution in [2.75, 3.05) is 13.7 Å². The highest BCUT2D eigenvalue weighted by atomic mass is 32.1. The number of hydrogen-bond donors (Lipinski definition) is 0. The maximum atomic E-state index is 11.9. The van der Waals surface area contributed by atoms with E-state index in [9.17, 15) is 4.79 Å². The second-order valence-corrected chi connectivity index (χ2v) is 7.00. The molecular formula is C21H22N6O3S. The molecule has 0 unspecified atom stereocenters. The number of aromatic nitrogens is 6. The van der Waals surface area contributed by atoms with Crippen LogP contribution in [0.3, 0.4) is 0 Å². The Morgan fingerprint density at radius 2 is 2.03 bits per heavy atom. The van der Waals surface area contributed by atoms with Gasteiger partial charge in [0.2, 0.25) is 5.88 Å². The lowest BCUT2D eigenvalue weighted by atomic mass is 10.1. The van der Waals surface area contributed by atoms with Crippen molar-refractivity contribution in [2.24, 2.45) is 0 Å². The first-order valence-corrected chi connectivity index (χ1v) is 9.78. The standard InChI is InChI=1S/C21H20N6O3.H2S/c1-3-30-20(28)14-10-22-26(12-14)21-24-16-11-23-27(18(16)19(25-21)29-2)17-9-8-13-6-4-5-7-15(13)17;/h4-7,10-12,17H,3,8-9H2,1-2H3;1H2/t17-;/m0./s1. The summed E-state index contributed by atoms with van der Waals surface area (Å²) in [6.07, 6.45) is 6.64. The summed E-state index contributed by atoms with van der Waals surface area (Å²) in [5.74, 6) is 0.260. The summed E-state index contributed by atoms with van der Waals surface area (Å²) in [7, 11) is 1.57. The minimum atomic E-state index is -0.440. The van der Waals surface area contributed by atoms with Crippen LogP contribution in [0.4, 0.5) is 0 Å². The number of methoxy groups -OCH3 is 1. The zero-order valence-electron chi connectivity index (χ0n) is 17.1. The molecule has 10 heteroatoms. The topological polar surface area (TPSA) is 97.0 Å². The fourth-order valence-corrected chi connectivity index (χ4v) is 3.94. The molecular weight excluding hydrogens is 416 g/mol. The van der Waals surface area contributed by atoms with Gasteiger partial charge in [-0.25, -0.2) is 14.5 Å². The van der Waals surface area contributed by atoms with Gasteiger partial charge in [-0.2, -0.15) is 28.7 Å². The Morgan fingerprint density at radius 3 is 2.84 bits per heavy atom. The molecule has 3 heterocycles. The summed E-state index contributed by atoms with van der Waals surface area (Å²) in [4.78, 5) is 21.0. The molecule has 9 nitrogen and oxygen atoms in total. The van der Waals surface area contributed by atoms with Crippen molar-refractivity contribution in [3.63, 3.8) is 0 Å². The molecule has 0 amide bonds. The number of benzene rings is 1. The van der Waals surface area contributed by atoms with E-state index in [2.05, 4.69) is 38.4 Å². The van der Waals surface area contributed by atoms with Gasteiger partial charge in [-0.3, -0.25) is 4.68 Å². The average Bonchev–Trinajstić information content (AvgIpc) is 3.50. The lowest BCUT2D eigenvalue weighted by molar-refractivity contribution is 0.0526. The van der Waals surface area contributed by atoms with Gasteiger partial charge in [0, 0.05) is 6.20 Å². The molecule has 0 saturated carbocycles. The molecule has 1 atom stereocenters. The van der Waals surface area contributed by atoms with Crippen molar-refractivity contribution in [3.05, 3.63) is 59.5 Å². The zero-order valence-corrected chi connectivity index (χ0v) is 18.1. The summed E-state index contributed by atoms with van der Waals surface area (Å²) in [5.41, 5.74) is 4.32. The van der Waals surface area contributed by atoms with Crippen molar-refractivity contribution in [1.82, 2.24) is 29.5 Å². The van der Waals surface area contributed by atoms with Gasteiger partial charge in [-0.1, -0.05) is 24.3 Å². The Bertz CT molecular complexity index is 1250. The van der Waals surface area contributed by atoms with Crippen LogP contribution in [0.5, 0.6) is 5.88 Å². The second-order valence-electron chi connectivity index (χ2n) is 7.00. The zero-order chi connectivity index (χ0) is 20.7. The number of aryl methyl sites for hydroxylation is 1. The van der Waals surface area contributed by atoms with E-state index in [1.807, 2.05) is 10.7 Å². The third-order valence-electron chi connectivity index (χ3n) is 5.29. The number of hydrogen-bond acceptors (Lipinski definition) is 7. The summed E-state index contributed by atoms with van der Waals surface area (Å²) >= 11 is 0. The quantitative estimate of drug-likeness (QED) is 0.442. The van der Waals surface area contributed by atoms with Crippen molar-refractivity contribution in [1.29, 1.82) is 0 Å². The molecule has 1 aliphatic carbocycles. The average molecular weight is 439 g/mol. The molecule has 4 aromatic rings. The summed E-state index contributed by atoms with van der Waals surface area (Å²) in [5, 5.41) is 8.80. The van der Waals surface area contributed by atoms with Crippen molar-refractivity contribution >= 4 is 30.5 Å². The fraction of sp³-hybridized carbons (Fsp3) is 0.286. The minimum absolute atomic E-state index is 0. The second kappa shape index (κ2) is 8.38. The predicted molar refractivity (Wildman–Crippen MR) is 118 cm³/mol. The van der Waals surface area contributed by atoms with Gasteiger partial charge >= 0.3 is 5.97 Å². The van der Waals surface area contributed by atoms with Crippen LogP contribution in [0.25, 0.3) is 17.0 Å². The highest BCUT2D eigenvalue weighted by Gasteiger charge is 2.27. The van der Waals surface area contributed by atoms with Gasteiger partial charge in [0.05, 0.1) is 37.7 Å². The number of carbonyl (C=O) groups is 1. The first-order valence-electron chi connectivity index (χ1n) is 9.78. The Kier molecular flexibility index (Phi) is 5.64. The van der Waals surface area contributed by atoms with E-state index >= 15 is 0 Å². The van der Waals surface area contributed by atoms with Gasteiger partial charge in [0.1, 0.15) is 11.0 Å². The molecule has 0 aliphatic heterocycles. The van der Waals surface area contributed by atoms with Crippen LogP contribution in [-0.2, 0) is 11.2 Å². The molecule has 0 fully saturated rings. The molecule has 160 valence electrons. The van der Waals surface area contributed by atoms with Gasteiger partial charge < -0.3 is 9.47 Å². The van der Waals surface area contributed by atoms with Gasteiger partial charge in [-0.15, -0.1) is 0 Å². The molecule has 1 aromatic carbocycles. The lowest BCUT2D eigenvalue weighted by Gasteiger charge is -2.15. The maximum Gasteiger partial charge on any atom is 0.341 e.